The zero-order chi connectivity index (χ0) is 91.6. The number of fused-ring (bicyclic) bond motifs is 2. The van der Waals surface area contributed by atoms with E-state index in [2.05, 4.69) is 36.4 Å². The third-order valence-corrected chi connectivity index (χ3v) is 39.0. The number of carbonyl (C=O) groups excluding carboxylic acids is 4. The zero-order valence-corrected chi connectivity index (χ0v) is 77.7. The Bertz CT molecular complexity index is 6380. The fourth-order valence-electron chi connectivity index (χ4n) is 32.1. The average molecular weight is 1880 g/mol. The standard InChI is InChI=1S/C108H106N2O20S4/c111-101-83-43-87(127-75-7-15-79(16-8-75)131(115,116)117)93-95-89(129-77-11-19-81(20-12-77)133(121,122)123)45-85-92-86(104(114)110(103(85)113)100-73(25-29-107-53-65-37-66(54-107)39-67(38-65)55-107)5-2-6-74(100)26-30-108-56-68-40-69(57-108)42-70(41-68)58-108)46-90(130-78-13-21-82(22-14-78)134(124,125)126)96(98(92)95)94-88(128-76-9-17-80(18-10-76)132(118,119)120)44-84(91(83)97(93)94)102(112)109(101)99-71(23-27-105-47-59-31-60(48-105)33-61(32-59)49-105)3-1-4-72(99)24-28-106-50-62-34-63(51-106)36-64(35-62)52-106/h1-22,43-46,59-70H,23-42,47-58H2,(H,115,116,117)(H,118,119,120)(H,121,122,123)(H,124,125,126). The number of amides is 4. The molecule has 2 aliphatic heterocycles. The van der Waals surface area contributed by atoms with Gasteiger partial charge in [-0.2, -0.15) is 33.7 Å². The molecule has 18 aliphatic rings. The quantitative estimate of drug-likeness (QED) is 0.0169. The number of hydrogen-bond donors (Lipinski definition) is 4. The lowest BCUT2D eigenvalue weighted by atomic mass is 9.48. The van der Waals surface area contributed by atoms with E-state index in [-0.39, 0.29) is 133 Å². The molecule has 0 spiro atoms. The van der Waals surface area contributed by atoms with Crippen molar-refractivity contribution in [1.29, 1.82) is 0 Å². The number of carbonyl (C=O) groups is 4. The Labute approximate surface area is 779 Å². The minimum Gasteiger partial charge on any atom is -0.457 e. The second-order valence-electron chi connectivity index (χ2n) is 44.3. The van der Waals surface area contributed by atoms with Crippen molar-refractivity contribution in [3.8, 4) is 46.0 Å². The van der Waals surface area contributed by atoms with Crippen molar-refractivity contribution >= 4 is 119 Å². The van der Waals surface area contributed by atoms with Crippen molar-refractivity contribution in [3.05, 3.63) is 202 Å². The lowest BCUT2D eigenvalue weighted by Crippen LogP contribution is -2.46. The van der Waals surface area contributed by atoms with Gasteiger partial charge in [-0.1, -0.05) is 36.4 Å². The molecule has 16 bridgehead atoms. The summed E-state index contributed by atoms with van der Waals surface area (Å²) in [5, 5.41) is 0.214. The highest BCUT2D eigenvalue weighted by molar-refractivity contribution is 7.86. The smallest absolute Gasteiger partial charge is 0.294 e. The first-order valence-corrected chi connectivity index (χ1v) is 54.3. The normalized spacial score (nSPS) is 29.6. The number of imide groups is 2. The molecule has 0 atom stereocenters. The molecule has 16 aliphatic carbocycles. The van der Waals surface area contributed by atoms with Crippen LogP contribution < -0.4 is 28.7 Å². The maximum Gasteiger partial charge on any atom is 0.294 e. The van der Waals surface area contributed by atoms with Crippen LogP contribution in [0.15, 0.2) is 177 Å². The summed E-state index contributed by atoms with van der Waals surface area (Å²) in [7, 11) is -19.3. The topological polar surface area (TPSA) is 329 Å². The Morgan fingerprint density at radius 1 is 0.254 bits per heavy atom. The van der Waals surface area contributed by atoms with Crippen molar-refractivity contribution in [1.82, 2.24) is 0 Å². The third-order valence-electron chi connectivity index (χ3n) is 35.5. The molecule has 29 rings (SSSR count). The van der Waals surface area contributed by atoms with Gasteiger partial charge in [0.2, 0.25) is 0 Å². The summed E-state index contributed by atoms with van der Waals surface area (Å²) in [5.41, 5.74) is 4.26. The number of nitrogens with zero attached hydrogens (tertiary/aromatic N) is 2. The van der Waals surface area contributed by atoms with Crippen LogP contribution in [0.1, 0.15) is 243 Å². The van der Waals surface area contributed by atoms with E-state index in [4.69, 9.17) is 18.9 Å². The molecule has 4 amide bonds. The molecule has 26 heteroatoms. The molecule has 2 heterocycles. The minimum atomic E-state index is -4.84. The monoisotopic (exact) mass is 1880 g/mol. The van der Waals surface area contributed by atoms with Gasteiger partial charge in [0.1, 0.15) is 46.0 Å². The van der Waals surface area contributed by atoms with Gasteiger partial charge in [0.05, 0.1) is 53.2 Å². The molecule has 4 N–H and O–H groups in total. The number of aryl methyl sites for hydroxylation is 4. The summed E-state index contributed by atoms with van der Waals surface area (Å²) < 4.78 is 176. The summed E-state index contributed by atoms with van der Waals surface area (Å²) >= 11 is 0. The van der Waals surface area contributed by atoms with Crippen molar-refractivity contribution in [3.63, 3.8) is 0 Å². The highest BCUT2D eigenvalue weighted by atomic mass is 32.2. The summed E-state index contributed by atoms with van der Waals surface area (Å²) in [6.45, 7) is 0. The molecular formula is C108H106N2O20S4. The molecule has 134 heavy (non-hydrogen) atoms. The van der Waals surface area contributed by atoms with Gasteiger partial charge in [0, 0.05) is 43.1 Å². The number of anilines is 2. The maximum absolute atomic E-state index is 17.6. The summed E-state index contributed by atoms with van der Waals surface area (Å²) in [6.07, 6.45) is 33.8. The minimum absolute atomic E-state index is 0.0147. The predicted octanol–water partition coefficient (Wildman–Crippen LogP) is 24.1. The molecule has 16 saturated carbocycles. The Kier molecular flexibility index (Phi) is 19.6. The van der Waals surface area contributed by atoms with Gasteiger partial charge in [0.25, 0.3) is 64.1 Å². The van der Waals surface area contributed by atoms with E-state index >= 15 is 19.2 Å². The molecule has 11 aromatic carbocycles. The zero-order valence-electron chi connectivity index (χ0n) is 74.4. The van der Waals surface area contributed by atoms with Gasteiger partial charge in [-0.05, 0) is 442 Å². The van der Waals surface area contributed by atoms with E-state index in [1.807, 2.05) is 0 Å². The van der Waals surface area contributed by atoms with Crippen molar-refractivity contribution in [2.75, 3.05) is 9.80 Å². The predicted molar refractivity (Wildman–Crippen MR) is 504 cm³/mol. The van der Waals surface area contributed by atoms with Crippen LogP contribution in [0.25, 0.3) is 43.1 Å². The van der Waals surface area contributed by atoms with Gasteiger partial charge in [-0.25, -0.2) is 9.80 Å². The highest BCUT2D eigenvalue weighted by Gasteiger charge is 2.56. The first kappa shape index (κ1) is 85.5. The van der Waals surface area contributed by atoms with Gasteiger partial charge in [-0.3, -0.25) is 37.4 Å². The van der Waals surface area contributed by atoms with E-state index in [9.17, 15) is 51.9 Å². The van der Waals surface area contributed by atoms with E-state index in [0.717, 1.165) is 174 Å². The molecule has 0 unspecified atom stereocenters. The van der Waals surface area contributed by atoms with Crippen LogP contribution in [0.4, 0.5) is 11.4 Å². The highest BCUT2D eigenvalue weighted by Crippen LogP contribution is 2.68. The van der Waals surface area contributed by atoms with Gasteiger partial charge in [0.15, 0.2) is 0 Å². The number of hydrogen-bond acceptors (Lipinski definition) is 16. The Morgan fingerprint density at radius 2 is 0.433 bits per heavy atom. The molecule has 16 fully saturated rings. The fourth-order valence-corrected chi connectivity index (χ4v) is 34.0. The molecule has 11 aromatic rings. The third kappa shape index (κ3) is 14.5. The number of benzene rings is 11. The van der Waals surface area contributed by atoms with Gasteiger partial charge < -0.3 is 18.9 Å². The summed E-state index contributed by atoms with van der Waals surface area (Å²) in [5.74, 6) is 3.84. The lowest BCUT2D eigenvalue weighted by molar-refractivity contribution is -0.0572. The summed E-state index contributed by atoms with van der Waals surface area (Å²) in [4.78, 5) is 70.9. The first-order valence-electron chi connectivity index (χ1n) is 48.5. The van der Waals surface area contributed by atoms with Crippen LogP contribution in [0.3, 0.4) is 0 Å². The van der Waals surface area contributed by atoms with Crippen LogP contribution in [-0.4, -0.2) is 75.5 Å². The number of ether oxygens (including phenoxy) is 4. The van der Waals surface area contributed by atoms with Crippen LogP contribution >= 0.6 is 0 Å². The van der Waals surface area contributed by atoms with Crippen LogP contribution in [-0.2, 0) is 66.2 Å². The van der Waals surface area contributed by atoms with Crippen LogP contribution in [0.5, 0.6) is 46.0 Å². The Morgan fingerprint density at radius 3 is 0.604 bits per heavy atom. The molecule has 22 nitrogen and oxygen atoms in total. The SMILES string of the molecule is O=C1c2cc(Oc3ccc(S(=O)(=O)O)cc3)c3c4c(Oc5ccc(S(=O)(=O)O)cc5)cc5c6c(cc(Oc7ccc(S(=O)(=O)O)cc7)c(c7c(Oc8ccc(S(=O)(=O)O)cc8)cc(c2c37)C(=O)N1c1c(CCC23CC7CC(CC(C7)C2)C3)cccc1CCC12CC3CC(CC(C3)C1)C2)c64)C(=O)N(c1c(CCC23CC4CC(CC(C4)C2)C3)cccc1CCC12CC3CC(CC(C3)C1)C2)C5=O. The first-order chi connectivity index (χ1) is 64.1. The Balaban J connectivity index is 0.753. The second kappa shape index (κ2) is 30.7. The second-order valence-corrected chi connectivity index (χ2v) is 50.0. The molecule has 0 radical (unpaired) electrons. The van der Waals surface area contributed by atoms with Crippen LogP contribution in [0.2, 0.25) is 0 Å². The fraction of sp³-hybridized carbons (Fsp3) is 0.444. The van der Waals surface area contributed by atoms with Crippen molar-refractivity contribution in [2.24, 2.45) is 92.7 Å². The van der Waals surface area contributed by atoms with Crippen LogP contribution in [0, 0.1) is 92.7 Å². The molecule has 0 aromatic heterocycles. The van der Waals surface area contributed by atoms with E-state index in [0.29, 0.717) is 108 Å². The van der Waals surface area contributed by atoms with Gasteiger partial charge in [-0.15, -0.1) is 0 Å². The lowest BCUT2D eigenvalue weighted by Gasteiger charge is -2.57. The Hall–Kier alpha value is -10.2. The van der Waals surface area contributed by atoms with Crippen molar-refractivity contribution in [2.45, 2.75) is 225 Å². The van der Waals surface area contributed by atoms with Crippen molar-refractivity contribution < 1.29 is 90.0 Å². The largest absolute Gasteiger partial charge is 0.457 e. The van der Waals surface area contributed by atoms with E-state index < -0.39 is 83.7 Å². The van der Waals surface area contributed by atoms with E-state index in [1.54, 1.807) is 0 Å². The van der Waals surface area contributed by atoms with E-state index in [1.165, 1.54) is 160 Å². The number of rotatable bonds is 26. The molecule has 0 saturated heterocycles. The maximum atomic E-state index is 17.6. The summed E-state index contributed by atoms with van der Waals surface area (Å²) in [6, 6.07) is 38.0. The molecule has 692 valence electrons. The van der Waals surface area contributed by atoms with Gasteiger partial charge >= 0.3 is 0 Å². The number of para-hydroxylation sites is 2. The molecular weight excluding hydrogens is 1770 g/mol. The average Bonchev–Trinajstić information content (AvgIpc) is 0.666.